The number of amides is 1. The van der Waals surface area contributed by atoms with Crippen LogP contribution >= 0.6 is 0 Å². The summed E-state index contributed by atoms with van der Waals surface area (Å²) in [6.45, 7) is 2.12. The van der Waals surface area contributed by atoms with E-state index in [9.17, 15) is 10.1 Å². The Labute approximate surface area is 143 Å². The number of carbonyl (C=O) groups is 1. The summed E-state index contributed by atoms with van der Waals surface area (Å²) in [5.41, 5.74) is -0.770. The normalized spacial score (nSPS) is 23.2. The molecule has 6 heteroatoms. The van der Waals surface area contributed by atoms with E-state index in [1.807, 2.05) is 11.0 Å². The third-order valence-corrected chi connectivity index (χ3v) is 5.41. The maximum Gasteiger partial charge on any atom is 0.243 e. The predicted octanol–water partition coefficient (Wildman–Crippen LogP) is 1.98. The fourth-order valence-electron chi connectivity index (χ4n) is 3.88. The van der Waals surface area contributed by atoms with E-state index in [0.29, 0.717) is 19.1 Å². The average Bonchev–Trinajstić information content (AvgIpc) is 3.12. The van der Waals surface area contributed by atoms with Crippen LogP contribution in [0.1, 0.15) is 44.3 Å². The topological polar surface area (TPSA) is 73.1 Å². The molecule has 1 amide bonds. The molecule has 0 bridgehead atoms. The zero-order valence-corrected chi connectivity index (χ0v) is 14.3. The molecule has 1 saturated heterocycles. The van der Waals surface area contributed by atoms with Crippen molar-refractivity contribution in [3.05, 3.63) is 24.3 Å². The van der Waals surface area contributed by atoms with Gasteiger partial charge in [0.2, 0.25) is 5.91 Å². The molecule has 1 saturated carbocycles. The van der Waals surface area contributed by atoms with Crippen molar-refractivity contribution in [1.29, 1.82) is 5.26 Å². The molecule has 3 rings (SSSR count). The van der Waals surface area contributed by atoms with Crippen LogP contribution in [0.2, 0.25) is 0 Å². The molecule has 0 spiro atoms. The summed E-state index contributed by atoms with van der Waals surface area (Å²) in [6, 6.07) is 4.47. The molecule has 0 unspecified atom stereocenters. The van der Waals surface area contributed by atoms with Crippen LogP contribution in [-0.4, -0.2) is 51.9 Å². The van der Waals surface area contributed by atoms with Crippen molar-refractivity contribution in [2.45, 2.75) is 51.1 Å². The van der Waals surface area contributed by atoms with Crippen molar-refractivity contribution in [3.63, 3.8) is 0 Å². The van der Waals surface area contributed by atoms with Crippen LogP contribution in [-0.2, 0) is 11.3 Å². The van der Waals surface area contributed by atoms with Crippen molar-refractivity contribution in [2.75, 3.05) is 20.1 Å². The zero-order valence-electron chi connectivity index (χ0n) is 14.3. The van der Waals surface area contributed by atoms with Crippen molar-refractivity contribution < 1.29 is 4.79 Å². The second-order valence-electron chi connectivity index (χ2n) is 7.03. The Kier molecular flexibility index (Phi) is 5.10. The number of hydrogen-bond acceptors (Lipinski definition) is 5. The van der Waals surface area contributed by atoms with Gasteiger partial charge in [0, 0.05) is 31.5 Å². The lowest BCUT2D eigenvalue weighted by Crippen LogP contribution is -2.44. The molecule has 6 nitrogen and oxygen atoms in total. The number of likely N-dealkylation sites (N-methyl/N-ethyl adjacent to an activating group) is 1. The van der Waals surface area contributed by atoms with Crippen LogP contribution < -0.4 is 0 Å². The van der Waals surface area contributed by atoms with Gasteiger partial charge < -0.3 is 4.90 Å². The molecule has 128 valence electrons. The van der Waals surface area contributed by atoms with Gasteiger partial charge in [-0.15, -0.1) is 0 Å². The maximum atomic E-state index is 12.9. The lowest BCUT2D eigenvalue weighted by molar-refractivity contribution is -0.139. The number of hydrogen-bond donors (Lipinski definition) is 0. The van der Waals surface area contributed by atoms with Crippen LogP contribution in [0.3, 0.4) is 0 Å². The molecule has 1 aromatic rings. The molecule has 2 aliphatic rings. The maximum absolute atomic E-state index is 12.9. The molecule has 1 aliphatic carbocycles. The number of nitriles is 1. The quantitative estimate of drug-likeness (QED) is 0.845. The molecule has 0 aromatic carbocycles. The highest BCUT2D eigenvalue weighted by atomic mass is 16.2. The summed E-state index contributed by atoms with van der Waals surface area (Å²) in [6.07, 6.45) is 8.99. The summed E-state index contributed by atoms with van der Waals surface area (Å²) >= 11 is 0. The van der Waals surface area contributed by atoms with E-state index in [1.165, 1.54) is 0 Å². The minimum absolute atomic E-state index is 0.0524. The summed E-state index contributed by atoms with van der Waals surface area (Å²) in [5.74, 6) is 0.849. The smallest absolute Gasteiger partial charge is 0.243 e. The van der Waals surface area contributed by atoms with E-state index < -0.39 is 5.41 Å². The van der Waals surface area contributed by atoms with Crippen LogP contribution in [0, 0.1) is 16.7 Å². The van der Waals surface area contributed by atoms with E-state index in [0.717, 1.165) is 50.9 Å². The summed E-state index contributed by atoms with van der Waals surface area (Å²) < 4.78 is 0. The van der Waals surface area contributed by atoms with Gasteiger partial charge in [0.25, 0.3) is 0 Å². The van der Waals surface area contributed by atoms with Gasteiger partial charge in [0.05, 0.1) is 12.6 Å². The molecule has 2 fully saturated rings. The second-order valence-corrected chi connectivity index (χ2v) is 7.03. The fraction of sp³-hybridized carbons (Fsp3) is 0.667. The molecule has 24 heavy (non-hydrogen) atoms. The molecule has 0 radical (unpaired) electrons. The number of aromatic nitrogens is 2. The standard InChI is InChI=1S/C18H25N5O/c1-22(13-16-20-9-5-10-21-16)15-6-11-23(12-15)17(24)18(14-19)7-3-2-4-8-18/h5,9-10,15H,2-4,6-8,11-13H2,1H3/t15-/m1/s1. The Bertz CT molecular complexity index is 606. The van der Waals surface area contributed by atoms with E-state index in [2.05, 4.69) is 28.0 Å². The SMILES string of the molecule is CN(Cc1ncccn1)[C@@H]1CCN(C(=O)C2(C#N)CCCCC2)C1. The third kappa shape index (κ3) is 3.41. The summed E-state index contributed by atoms with van der Waals surface area (Å²) in [4.78, 5) is 25.6. The lowest BCUT2D eigenvalue weighted by atomic mass is 9.74. The highest BCUT2D eigenvalue weighted by Crippen LogP contribution is 2.38. The van der Waals surface area contributed by atoms with Crippen molar-refractivity contribution in [2.24, 2.45) is 5.41 Å². The van der Waals surface area contributed by atoms with Gasteiger partial charge in [-0.05, 0) is 32.4 Å². The van der Waals surface area contributed by atoms with Crippen LogP contribution in [0.25, 0.3) is 0 Å². The van der Waals surface area contributed by atoms with Gasteiger partial charge in [-0.25, -0.2) is 9.97 Å². The fourth-order valence-corrected chi connectivity index (χ4v) is 3.88. The van der Waals surface area contributed by atoms with Crippen LogP contribution in [0.15, 0.2) is 18.5 Å². The monoisotopic (exact) mass is 327 g/mol. The largest absolute Gasteiger partial charge is 0.340 e. The van der Waals surface area contributed by atoms with Gasteiger partial charge in [-0.3, -0.25) is 9.69 Å². The van der Waals surface area contributed by atoms with E-state index in [-0.39, 0.29) is 5.91 Å². The van der Waals surface area contributed by atoms with E-state index >= 15 is 0 Å². The van der Waals surface area contributed by atoms with E-state index in [4.69, 9.17) is 0 Å². The van der Waals surface area contributed by atoms with Gasteiger partial charge in [-0.1, -0.05) is 19.3 Å². The first kappa shape index (κ1) is 16.8. The number of carbonyl (C=O) groups excluding carboxylic acids is 1. The molecule has 2 heterocycles. The number of likely N-dealkylation sites (tertiary alicyclic amines) is 1. The van der Waals surface area contributed by atoms with Gasteiger partial charge in [-0.2, -0.15) is 5.26 Å². The summed E-state index contributed by atoms with van der Waals surface area (Å²) in [7, 11) is 2.05. The van der Waals surface area contributed by atoms with E-state index in [1.54, 1.807) is 12.4 Å². The third-order valence-electron chi connectivity index (χ3n) is 5.41. The first-order chi connectivity index (χ1) is 11.6. The molecule has 1 aliphatic heterocycles. The number of nitrogens with zero attached hydrogens (tertiary/aromatic N) is 5. The average molecular weight is 327 g/mol. The molecule has 1 aromatic heterocycles. The Hall–Kier alpha value is -2.00. The second kappa shape index (κ2) is 7.27. The summed E-state index contributed by atoms with van der Waals surface area (Å²) in [5, 5.41) is 9.62. The minimum atomic E-state index is -0.770. The van der Waals surface area contributed by atoms with Crippen molar-refractivity contribution in [3.8, 4) is 6.07 Å². The van der Waals surface area contributed by atoms with Crippen molar-refractivity contribution >= 4 is 5.91 Å². The highest BCUT2D eigenvalue weighted by Gasteiger charge is 2.44. The Morgan fingerprint density at radius 3 is 2.75 bits per heavy atom. The van der Waals surface area contributed by atoms with Crippen LogP contribution in [0.5, 0.6) is 0 Å². The molecular weight excluding hydrogens is 302 g/mol. The number of rotatable bonds is 4. The molecular formula is C18H25N5O. The first-order valence-corrected chi connectivity index (χ1v) is 8.81. The Morgan fingerprint density at radius 2 is 2.08 bits per heavy atom. The Morgan fingerprint density at radius 1 is 1.38 bits per heavy atom. The minimum Gasteiger partial charge on any atom is -0.340 e. The van der Waals surface area contributed by atoms with Crippen molar-refractivity contribution in [1.82, 2.24) is 19.8 Å². The zero-order chi connectivity index (χ0) is 17.0. The predicted molar refractivity (Wildman–Crippen MR) is 89.6 cm³/mol. The van der Waals surface area contributed by atoms with Gasteiger partial charge in [0.15, 0.2) is 0 Å². The van der Waals surface area contributed by atoms with Crippen LogP contribution in [0.4, 0.5) is 0 Å². The lowest BCUT2D eigenvalue weighted by Gasteiger charge is -2.33. The molecule has 0 N–H and O–H groups in total. The van der Waals surface area contributed by atoms with Gasteiger partial charge in [0.1, 0.15) is 11.2 Å². The van der Waals surface area contributed by atoms with Gasteiger partial charge >= 0.3 is 0 Å². The first-order valence-electron chi connectivity index (χ1n) is 8.81. The molecule has 1 atom stereocenters. The Balaban J connectivity index is 1.60. The highest BCUT2D eigenvalue weighted by molar-refractivity contribution is 5.85.